The molecule has 3 rings (SSSR count). The molecule has 2 aliphatic rings. The molecule has 0 aromatic heterocycles. The lowest BCUT2D eigenvalue weighted by Crippen LogP contribution is -2.48. The quantitative estimate of drug-likeness (QED) is 0.863. The monoisotopic (exact) mass is 241 g/mol. The van der Waals surface area contributed by atoms with Gasteiger partial charge in [-0.2, -0.15) is 5.26 Å². The molecule has 2 heterocycles. The standard InChI is InChI=1S/C15H19N3/c1-17-12-8-14-6-7-15(9-12)18(14)13-4-2-11(10-16)3-5-13/h2-5,12,14-15,17H,6-9H2,1H3. The molecule has 2 bridgehead atoms. The van der Waals surface area contributed by atoms with Crippen molar-refractivity contribution in [3.63, 3.8) is 0 Å². The molecule has 2 unspecified atom stereocenters. The van der Waals surface area contributed by atoms with Crippen molar-refractivity contribution in [3.8, 4) is 6.07 Å². The van der Waals surface area contributed by atoms with Gasteiger partial charge in [-0.3, -0.25) is 0 Å². The predicted octanol–water partition coefficient (Wildman–Crippen LogP) is 2.28. The first-order chi connectivity index (χ1) is 8.81. The van der Waals surface area contributed by atoms with E-state index in [0.29, 0.717) is 18.1 Å². The molecule has 94 valence electrons. The van der Waals surface area contributed by atoms with Gasteiger partial charge in [0.25, 0.3) is 0 Å². The third-order valence-corrected chi connectivity index (χ3v) is 4.44. The Bertz CT molecular complexity index is 446. The SMILES string of the molecule is CNC1CC2CCC(C1)N2c1ccc(C#N)cc1. The van der Waals surface area contributed by atoms with E-state index < -0.39 is 0 Å². The van der Waals surface area contributed by atoms with Gasteiger partial charge in [0, 0.05) is 23.8 Å². The fourth-order valence-electron chi connectivity index (χ4n) is 3.54. The van der Waals surface area contributed by atoms with Gasteiger partial charge in [-0.05, 0) is 57.0 Å². The number of piperidine rings is 1. The number of rotatable bonds is 2. The minimum atomic E-state index is 0.675. The lowest BCUT2D eigenvalue weighted by Gasteiger charge is -2.40. The number of nitrogens with zero attached hydrogens (tertiary/aromatic N) is 2. The summed E-state index contributed by atoms with van der Waals surface area (Å²) in [5, 5.41) is 12.3. The summed E-state index contributed by atoms with van der Waals surface area (Å²) in [6, 6.07) is 12.3. The minimum Gasteiger partial charge on any atom is -0.365 e. The van der Waals surface area contributed by atoms with Gasteiger partial charge in [0.05, 0.1) is 11.6 Å². The largest absolute Gasteiger partial charge is 0.365 e. The number of hydrogen-bond donors (Lipinski definition) is 1. The summed E-state index contributed by atoms with van der Waals surface area (Å²) in [4.78, 5) is 2.58. The third kappa shape index (κ3) is 1.87. The summed E-state index contributed by atoms with van der Waals surface area (Å²) >= 11 is 0. The molecule has 1 N–H and O–H groups in total. The highest BCUT2D eigenvalue weighted by molar-refractivity contribution is 5.53. The van der Waals surface area contributed by atoms with E-state index >= 15 is 0 Å². The molecule has 0 radical (unpaired) electrons. The highest BCUT2D eigenvalue weighted by atomic mass is 15.2. The molecule has 3 heteroatoms. The first-order valence-electron chi connectivity index (χ1n) is 6.77. The first-order valence-corrected chi connectivity index (χ1v) is 6.77. The lowest BCUT2D eigenvalue weighted by atomic mass is 9.96. The summed E-state index contributed by atoms with van der Waals surface area (Å²) in [6.07, 6.45) is 5.10. The summed E-state index contributed by atoms with van der Waals surface area (Å²) < 4.78 is 0. The molecular formula is C15H19N3. The second-order valence-electron chi connectivity index (χ2n) is 5.41. The maximum Gasteiger partial charge on any atom is 0.0991 e. The van der Waals surface area contributed by atoms with Gasteiger partial charge in [0.15, 0.2) is 0 Å². The summed E-state index contributed by atoms with van der Waals surface area (Å²) in [6.45, 7) is 0. The average molecular weight is 241 g/mol. The van der Waals surface area contributed by atoms with Crippen LogP contribution in [0.4, 0.5) is 5.69 Å². The van der Waals surface area contributed by atoms with E-state index in [9.17, 15) is 0 Å². The van der Waals surface area contributed by atoms with Crippen molar-refractivity contribution in [1.82, 2.24) is 5.32 Å². The topological polar surface area (TPSA) is 39.1 Å². The van der Waals surface area contributed by atoms with Crippen molar-refractivity contribution < 1.29 is 0 Å². The molecule has 2 atom stereocenters. The molecular weight excluding hydrogens is 222 g/mol. The first kappa shape index (κ1) is 11.6. The lowest BCUT2D eigenvalue weighted by molar-refractivity contribution is 0.374. The molecule has 0 amide bonds. The van der Waals surface area contributed by atoms with Crippen LogP contribution in [0.25, 0.3) is 0 Å². The van der Waals surface area contributed by atoms with Crippen LogP contribution in [-0.4, -0.2) is 25.2 Å². The summed E-state index contributed by atoms with van der Waals surface area (Å²) in [5.74, 6) is 0. The van der Waals surface area contributed by atoms with Crippen LogP contribution in [0.15, 0.2) is 24.3 Å². The molecule has 18 heavy (non-hydrogen) atoms. The normalized spacial score (nSPS) is 30.2. The van der Waals surface area contributed by atoms with Crippen LogP contribution < -0.4 is 10.2 Å². The zero-order chi connectivity index (χ0) is 12.5. The second-order valence-corrected chi connectivity index (χ2v) is 5.41. The van der Waals surface area contributed by atoms with E-state index in [4.69, 9.17) is 5.26 Å². The van der Waals surface area contributed by atoms with E-state index in [1.165, 1.54) is 31.4 Å². The smallest absolute Gasteiger partial charge is 0.0991 e. The maximum absolute atomic E-state index is 8.85. The van der Waals surface area contributed by atoms with E-state index in [0.717, 1.165) is 5.56 Å². The average Bonchev–Trinajstić information content (AvgIpc) is 2.69. The highest BCUT2D eigenvalue weighted by Crippen LogP contribution is 2.39. The Balaban J connectivity index is 1.83. The van der Waals surface area contributed by atoms with Crippen LogP contribution in [0.1, 0.15) is 31.2 Å². The molecule has 0 aliphatic carbocycles. The Morgan fingerprint density at radius 1 is 1.17 bits per heavy atom. The number of benzene rings is 1. The molecule has 2 saturated heterocycles. The van der Waals surface area contributed by atoms with E-state index in [-0.39, 0.29) is 0 Å². The van der Waals surface area contributed by atoms with Crippen LogP contribution in [0.2, 0.25) is 0 Å². The Morgan fingerprint density at radius 3 is 2.28 bits per heavy atom. The number of nitrogens with one attached hydrogen (secondary N) is 1. The fourth-order valence-corrected chi connectivity index (χ4v) is 3.54. The van der Waals surface area contributed by atoms with Crippen LogP contribution in [0, 0.1) is 11.3 Å². The van der Waals surface area contributed by atoms with E-state index in [1.54, 1.807) is 0 Å². The van der Waals surface area contributed by atoms with Crippen molar-refractivity contribution >= 4 is 5.69 Å². The Labute approximate surface area is 108 Å². The molecule has 2 aliphatic heterocycles. The van der Waals surface area contributed by atoms with Crippen molar-refractivity contribution in [1.29, 1.82) is 5.26 Å². The van der Waals surface area contributed by atoms with E-state index in [2.05, 4.69) is 35.5 Å². The summed E-state index contributed by atoms with van der Waals surface area (Å²) in [7, 11) is 2.07. The zero-order valence-electron chi connectivity index (χ0n) is 10.8. The van der Waals surface area contributed by atoms with Crippen molar-refractivity contribution in [2.45, 2.75) is 43.8 Å². The van der Waals surface area contributed by atoms with Gasteiger partial charge in [0.1, 0.15) is 0 Å². The van der Waals surface area contributed by atoms with Gasteiger partial charge < -0.3 is 10.2 Å². The van der Waals surface area contributed by atoms with Crippen molar-refractivity contribution in [2.24, 2.45) is 0 Å². The maximum atomic E-state index is 8.85. The molecule has 1 aromatic rings. The molecule has 3 nitrogen and oxygen atoms in total. The van der Waals surface area contributed by atoms with Gasteiger partial charge in [0.2, 0.25) is 0 Å². The molecule has 1 aromatic carbocycles. The summed E-state index contributed by atoms with van der Waals surface area (Å²) in [5.41, 5.74) is 2.03. The Kier molecular flexibility index (Phi) is 2.97. The van der Waals surface area contributed by atoms with Gasteiger partial charge in [-0.1, -0.05) is 0 Å². The number of hydrogen-bond acceptors (Lipinski definition) is 3. The fraction of sp³-hybridized carbons (Fsp3) is 0.533. The highest BCUT2D eigenvalue weighted by Gasteiger charge is 2.40. The van der Waals surface area contributed by atoms with Gasteiger partial charge >= 0.3 is 0 Å². The van der Waals surface area contributed by atoms with Crippen LogP contribution in [0.5, 0.6) is 0 Å². The van der Waals surface area contributed by atoms with Gasteiger partial charge in [-0.15, -0.1) is 0 Å². The van der Waals surface area contributed by atoms with E-state index in [1.807, 2.05) is 12.1 Å². The third-order valence-electron chi connectivity index (χ3n) is 4.44. The number of anilines is 1. The zero-order valence-corrected chi connectivity index (χ0v) is 10.8. The molecule has 0 spiro atoms. The predicted molar refractivity (Wildman–Crippen MR) is 72.5 cm³/mol. The second kappa shape index (κ2) is 4.62. The Hall–Kier alpha value is -1.53. The van der Waals surface area contributed by atoms with Crippen LogP contribution in [-0.2, 0) is 0 Å². The van der Waals surface area contributed by atoms with Crippen molar-refractivity contribution in [3.05, 3.63) is 29.8 Å². The van der Waals surface area contributed by atoms with Crippen molar-refractivity contribution in [2.75, 3.05) is 11.9 Å². The molecule has 2 fully saturated rings. The van der Waals surface area contributed by atoms with Crippen LogP contribution >= 0.6 is 0 Å². The minimum absolute atomic E-state index is 0.675. The van der Waals surface area contributed by atoms with Gasteiger partial charge in [-0.25, -0.2) is 0 Å². The number of nitriles is 1. The molecule has 0 saturated carbocycles. The number of fused-ring (bicyclic) bond motifs is 2. The van der Waals surface area contributed by atoms with Crippen LogP contribution in [0.3, 0.4) is 0 Å². The Morgan fingerprint density at radius 2 is 1.78 bits per heavy atom.